The number of hydrogen-bond acceptors (Lipinski definition) is 2. The first-order chi connectivity index (χ1) is 7.57. The maximum Gasteiger partial charge on any atom is 0.304 e. The molecule has 0 bridgehead atoms. The molecule has 0 aliphatic rings. The summed E-state index contributed by atoms with van der Waals surface area (Å²) >= 11 is 0. The number of carboxylic acids is 1. The topological polar surface area (TPSA) is 40.5 Å². The van der Waals surface area contributed by atoms with Gasteiger partial charge < -0.3 is 10.0 Å². The minimum Gasteiger partial charge on any atom is -0.481 e. The largest absolute Gasteiger partial charge is 0.481 e. The van der Waals surface area contributed by atoms with Crippen LogP contribution in [0.1, 0.15) is 58.8 Å². The lowest BCUT2D eigenvalue weighted by molar-refractivity contribution is -0.137. The van der Waals surface area contributed by atoms with Gasteiger partial charge in [0.2, 0.25) is 0 Å². The van der Waals surface area contributed by atoms with Crippen LogP contribution in [0.25, 0.3) is 0 Å². The van der Waals surface area contributed by atoms with Crippen molar-refractivity contribution in [3.63, 3.8) is 0 Å². The van der Waals surface area contributed by atoms with Gasteiger partial charge in [-0.25, -0.2) is 0 Å². The molecular formula is C13H27NO2. The summed E-state index contributed by atoms with van der Waals surface area (Å²) in [6.07, 6.45) is 7.96. The summed E-state index contributed by atoms with van der Waals surface area (Å²) < 4.78 is 0. The van der Waals surface area contributed by atoms with Gasteiger partial charge in [-0.3, -0.25) is 4.79 Å². The van der Waals surface area contributed by atoms with Gasteiger partial charge in [0.1, 0.15) is 0 Å². The summed E-state index contributed by atoms with van der Waals surface area (Å²) in [6, 6.07) is 0.501. The standard InChI is InChI=1S/C13H27NO2/c1-4-5-6-7-8-9-12(2)14(3)11-10-13(15)16/h12H,4-11H2,1-3H3,(H,15,16). The smallest absolute Gasteiger partial charge is 0.304 e. The maximum atomic E-state index is 10.4. The SMILES string of the molecule is CCCCCCCC(C)N(C)CCC(=O)O. The molecule has 0 radical (unpaired) electrons. The Morgan fingerprint density at radius 2 is 1.88 bits per heavy atom. The number of aliphatic carboxylic acids is 1. The second-order valence-electron chi connectivity index (χ2n) is 4.68. The van der Waals surface area contributed by atoms with E-state index in [1.807, 2.05) is 7.05 Å². The average molecular weight is 229 g/mol. The van der Waals surface area contributed by atoms with Crippen LogP contribution in [0.5, 0.6) is 0 Å². The molecule has 0 aromatic rings. The molecule has 16 heavy (non-hydrogen) atoms. The molecule has 0 rings (SSSR count). The highest BCUT2D eigenvalue weighted by Crippen LogP contribution is 2.10. The van der Waals surface area contributed by atoms with Crippen LogP contribution in [0.15, 0.2) is 0 Å². The van der Waals surface area contributed by atoms with E-state index in [9.17, 15) is 4.79 Å². The summed E-state index contributed by atoms with van der Waals surface area (Å²) in [6.45, 7) is 5.06. The molecule has 0 aliphatic carbocycles. The minimum absolute atomic E-state index is 0.247. The molecule has 0 amide bonds. The van der Waals surface area contributed by atoms with Crippen LogP contribution in [-0.2, 0) is 4.79 Å². The van der Waals surface area contributed by atoms with Crippen molar-refractivity contribution in [1.29, 1.82) is 0 Å². The fraction of sp³-hybridized carbons (Fsp3) is 0.923. The molecule has 0 spiro atoms. The third kappa shape index (κ3) is 8.72. The Bertz CT molecular complexity index is 183. The van der Waals surface area contributed by atoms with E-state index in [1.165, 1.54) is 38.5 Å². The Labute approximate surface area is 99.8 Å². The van der Waals surface area contributed by atoms with E-state index in [0.29, 0.717) is 12.6 Å². The van der Waals surface area contributed by atoms with Gasteiger partial charge in [-0.2, -0.15) is 0 Å². The molecule has 0 saturated carbocycles. The first kappa shape index (κ1) is 15.4. The molecule has 96 valence electrons. The predicted octanol–water partition coefficient (Wildman–Crippen LogP) is 3.14. The Morgan fingerprint density at radius 1 is 1.25 bits per heavy atom. The molecule has 1 unspecified atom stereocenters. The number of carbonyl (C=O) groups is 1. The monoisotopic (exact) mass is 229 g/mol. The van der Waals surface area contributed by atoms with Gasteiger partial charge in [0, 0.05) is 12.6 Å². The second-order valence-corrected chi connectivity index (χ2v) is 4.68. The van der Waals surface area contributed by atoms with E-state index < -0.39 is 5.97 Å². The predicted molar refractivity (Wildman–Crippen MR) is 67.7 cm³/mol. The number of hydrogen-bond donors (Lipinski definition) is 1. The van der Waals surface area contributed by atoms with Crippen molar-refractivity contribution in [3.05, 3.63) is 0 Å². The Morgan fingerprint density at radius 3 is 2.44 bits per heavy atom. The number of rotatable bonds is 10. The minimum atomic E-state index is -0.706. The quantitative estimate of drug-likeness (QED) is 0.585. The molecule has 0 aliphatic heterocycles. The molecular weight excluding hydrogens is 202 g/mol. The molecule has 0 heterocycles. The van der Waals surface area contributed by atoms with Crippen molar-refractivity contribution < 1.29 is 9.90 Å². The van der Waals surface area contributed by atoms with Crippen LogP contribution in [0.2, 0.25) is 0 Å². The Kier molecular flexibility index (Phi) is 9.30. The number of carboxylic acid groups (broad SMARTS) is 1. The van der Waals surface area contributed by atoms with E-state index in [-0.39, 0.29) is 6.42 Å². The number of unbranched alkanes of at least 4 members (excludes halogenated alkanes) is 4. The third-order valence-corrected chi connectivity index (χ3v) is 3.16. The lowest BCUT2D eigenvalue weighted by Crippen LogP contribution is -2.31. The zero-order valence-corrected chi connectivity index (χ0v) is 11.0. The molecule has 0 saturated heterocycles. The molecule has 0 fully saturated rings. The normalized spacial score (nSPS) is 13.0. The average Bonchev–Trinajstić information content (AvgIpc) is 2.25. The number of nitrogens with zero attached hydrogens (tertiary/aromatic N) is 1. The van der Waals surface area contributed by atoms with Gasteiger partial charge in [0.15, 0.2) is 0 Å². The highest BCUT2D eigenvalue weighted by Gasteiger charge is 2.09. The third-order valence-electron chi connectivity index (χ3n) is 3.16. The van der Waals surface area contributed by atoms with Crippen molar-refractivity contribution in [2.24, 2.45) is 0 Å². The molecule has 1 N–H and O–H groups in total. The molecule has 0 aromatic carbocycles. The van der Waals surface area contributed by atoms with Crippen molar-refractivity contribution in [2.45, 2.75) is 64.8 Å². The Balaban J connectivity index is 3.47. The summed E-state index contributed by atoms with van der Waals surface area (Å²) in [4.78, 5) is 12.6. The highest BCUT2D eigenvalue weighted by atomic mass is 16.4. The van der Waals surface area contributed by atoms with Crippen molar-refractivity contribution in [3.8, 4) is 0 Å². The maximum absolute atomic E-state index is 10.4. The van der Waals surface area contributed by atoms with E-state index in [4.69, 9.17) is 5.11 Å². The first-order valence-corrected chi connectivity index (χ1v) is 6.50. The summed E-state index contributed by atoms with van der Waals surface area (Å²) in [7, 11) is 2.01. The van der Waals surface area contributed by atoms with E-state index in [1.54, 1.807) is 0 Å². The van der Waals surface area contributed by atoms with E-state index in [0.717, 1.165) is 0 Å². The van der Waals surface area contributed by atoms with Gasteiger partial charge >= 0.3 is 5.97 Å². The molecule has 3 nitrogen and oxygen atoms in total. The fourth-order valence-corrected chi connectivity index (χ4v) is 1.76. The van der Waals surface area contributed by atoms with Crippen LogP contribution < -0.4 is 0 Å². The van der Waals surface area contributed by atoms with Gasteiger partial charge in [-0.05, 0) is 20.4 Å². The van der Waals surface area contributed by atoms with E-state index >= 15 is 0 Å². The van der Waals surface area contributed by atoms with Crippen molar-refractivity contribution in [1.82, 2.24) is 4.90 Å². The first-order valence-electron chi connectivity index (χ1n) is 6.50. The van der Waals surface area contributed by atoms with Crippen molar-refractivity contribution >= 4 is 5.97 Å². The van der Waals surface area contributed by atoms with Crippen molar-refractivity contribution in [2.75, 3.05) is 13.6 Å². The van der Waals surface area contributed by atoms with Crippen LogP contribution >= 0.6 is 0 Å². The highest BCUT2D eigenvalue weighted by molar-refractivity contribution is 5.66. The van der Waals surface area contributed by atoms with Crippen LogP contribution in [0.4, 0.5) is 0 Å². The zero-order valence-electron chi connectivity index (χ0n) is 11.0. The van der Waals surface area contributed by atoms with Gasteiger partial charge in [-0.15, -0.1) is 0 Å². The molecule has 1 atom stereocenters. The molecule has 0 aromatic heterocycles. The van der Waals surface area contributed by atoms with Crippen LogP contribution in [0, 0.1) is 0 Å². The Hall–Kier alpha value is -0.570. The lowest BCUT2D eigenvalue weighted by Gasteiger charge is -2.23. The van der Waals surface area contributed by atoms with Gasteiger partial charge in [0.05, 0.1) is 6.42 Å². The summed E-state index contributed by atoms with van der Waals surface area (Å²) in [5.74, 6) is -0.706. The van der Waals surface area contributed by atoms with Crippen LogP contribution in [0.3, 0.4) is 0 Å². The zero-order chi connectivity index (χ0) is 12.4. The lowest BCUT2D eigenvalue weighted by atomic mass is 10.1. The fourth-order valence-electron chi connectivity index (χ4n) is 1.76. The van der Waals surface area contributed by atoms with Gasteiger partial charge in [0.25, 0.3) is 0 Å². The summed E-state index contributed by atoms with van der Waals surface area (Å²) in [5, 5.41) is 8.59. The van der Waals surface area contributed by atoms with E-state index in [2.05, 4.69) is 18.7 Å². The molecule has 3 heteroatoms. The second kappa shape index (κ2) is 9.64. The van der Waals surface area contributed by atoms with Gasteiger partial charge in [-0.1, -0.05) is 39.0 Å². The van der Waals surface area contributed by atoms with Crippen LogP contribution in [-0.4, -0.2) is 35.6 Å². The summed E-state index contributed by atoms with van der Waals surface area (Å²) in [5.41, 5.74) is 0.